The zero-order valence-electron chi connectivity index (χ0n) is 23.6. The van der Waals surface area contributed by atoms with E-state index in [1.54, 1.807) is 0 Å². The molecule has 0 bridgehead atoms. The summed E-state index contributed by atoms with van der Waals surface area (Å²) in [6, 6.07) is 2.57. The number of hydroxylamine groups is 2. The molecule has 3 aliphatic heterocycles. The highest BCUT2D eigenvalue weighted by molar-refractivity contribution is 8.00. The number of unbranched alkanes of at least 4 members (excludes halogenated alkanes) is 1. The third kappa shape index (κ3) is 7.97. The van der Waals surface area contributed by atoms with Crippen LogP contribution in [-0.4, -0.2) is 83.2 Å². The highest BCUT2D eigenvalue weighted by Crippen LogP contribution is 2.39. The summed E-state index contributed by atoms with van der Waals surface area (Å²) in [5, 5.41) is 21.0. The lowest BCUT2D eigenvalue weighted by molar-refractivity contribution is -0.386. The van der Waals surface area contributed by atoms with Crippen molar-refractivity contribution in [2.75, 3.05) is 26.0 Å². The Bertz CT molecular complexity index is 1260. The van der Waals surface area contributed by atoms with Crippen molar-refractivity contribution >= 4 is 47.4 Å². The Labute approximate surface area is 250 Å². The maximum absolute atomic E-state index is 12.3. The number of fused-ring (bicyclic) bond motifs is 1. The Morgan fingerprint density at radius 1 is 1.16 bits per heavy atom. The molecule has 17 heteroatoms. The number of thioether (sulfide) groups is 1. The van der Waals surface area contributed by atoms with Crippen molar-refractivity contribution in [1.29, 1.82) is 0 Å². The summed E-state index contributed by atoms with van der Waals surface area (Å²) in [7, 11) is 1.32. The van der Waals surface area contributed by atoms with Crippen LogP contribution in [0.5, 0.6) is 11.5 Å². The van der Waals surface area contributed by atoms with E-state index in [0.29, 0.717) is 23.2 Å². The fraction of sp³-hybridized carbons (Fsp3) is 0.577. The van der Waals surface area contributed by atoms with E-state index in [4.69, 9.17) is 14.2 Å². The second kappa shape index (κ2) is 14.3. The molecule has 3 fully saturated rings. The number of nitrogens with zero attached hydrogens (tertiary/aromatic N) is 2. The lowest BCUT2D eigenvalue weighted by Gasteiger charge is -2.18. The van der Waals surface area contributed by atoms with Crippen LogP contribution in [-0.2, 0) is 24.0 Å². The van der Waals surface area contributed by atoms with Crippen LogP contribution in [0.15, 0.2) is 12.1 Å². The minimum atomic E-state index is -1.38. The molecule has 3 N–H and O–H groups in total. The van der Waals surface area contributed by atoms with Gasteiger partial charge in [-0.25, -0.2) is 9.59 Å². The van der Waals surface area contributed by atoms with Gasteiger partial charge in [-0.1, -0.05) is 11.5 Å². The van der Waals surface area contributed by atoms with Gasteiger partial charge in [0.15, 0.2) is 11.5 Å². The molecule has 234 valence electrons. The van der Waals surface area contributed by atoms with Crippen LogP contribution < -0.4 is 25.4 Å². The van der Waals surface area contributed by atoms with Gasteiger partial charge in [0.25, 0.3) is 17.5 Å². The summed E-state index contributed by atoms with van der Waals surface area (Å²) in [4.78, 5) is 74.9. The average molecular weight is 624 g/mol. The van der Waals surface area contributed by atoms with Crippen LogP contribution in [0.2, 0.25) is 0 Å². The van der Waals surface area contributed by atoms with Gasteiger partial charge in [0.2, 0.25) is 5.91 Å². The third-order valence-corrected chi connectivity index (χ3v) is 8.66. The van der Waals surface area contributed by atoms with E-state index in [0.717, 1.165) is 24.7 Å². The lowest BCUT2D eigenvalue weighted by Crippen LogP contribution is -2.36. The van der Waals surface area contributed by atoms with Crippen molar-refractivity contribution in [2.24, 2.45) is 0 Å². The number of carbonyl (C=O) groups is 5. The topological polar surface area (TPSA) is 205 Å². The summed E-state index contributed by atoms with van der Waals surface area (Å²) in [6.45, 7) is 1.50. The third-order valence-electron chi connectivity index (χ3n) is 7.15. The Morgan fingerprint density at radius 2 is 1.91 bits per heavy atom. The number of nitrogens with one attached hydrogen (secondary N) is 3. The maximum atomic E-state index is 12.3. The number of carbonyl (C=O) groups excluding carboxylic acids is 5. The van der Waals surface area contributed by atoms with Crippen LogP contribution in [0, 0.1) is 10.1 Å². The molecule has 0 saturated carbocycles. The molecule has 4 unspecified atom stereocenters. The predicted molar refractivity (Wildman–Crippen MR) is 149 cm³/mol. The molecule has 4 rings (SSSR count). The van der Waals surface area contributed by atoms with Gasteiger partial charge in [-0.05, 0) is 25.8 Å². The summed E-state index contributed by atoms with van der Waals surface area (Å²) >= 11 is 1.83. The van der Waals surface area contributed by atoms with Crippen LogP contribution >= 0.6 is 11.8 Å². The number of urea groups is 1. The molecule has 0 aromatic heterocycles. The van der Waals surface area contributed by atoms with E-state index in [-0.39, 0.29) is 67.1 Å². The standard InChI is InChI=1S/C26H33N5O11S/c1-14(41-26(36)42-30-22(33)7-8-23(30)34)15-11-18(39-2)19(12-17(15)31(37)38)40-10-9-27-21(32)6-4-3-5-20-24-16(13-43-20)28-25(35)29-24/h11-12,14,16,20,24H,3-10,13H2,1-2H3,(H,27,32)(H2,28,29,35). The molecule has 3 heterocycles. The first kappa shape index (κ1) is 31.7. The first-order valence-corrected chi connectivity index (χ1v) is 14.8. The molecule has 0 aliphatic carbocycles. The van der Waals surface area contributed by atoms with Gasteiger partial charge >= 0.3 is 12.2 Å². The highest BCUT2D eigenvalue weighted by Gasteiger charge is 2.42. The van der Waals surface area contributed by atoms with Crippen molar-refractivity contribution in [2.45, 2.75) is 68.9 Å². The number of hydrogen-bond acceptors (Lipinski definition) is 12. The summed E-state index contributed by atoms with van der Waals surface area (Å²) < 4.78 is 16.0. The Kier molecular flexibility index (Phi) is 10.5. The van der Waals surface area contributed by atoms with E-state index < -0.39 is 34.7 Å². The minimum absolute atomic E-state index is 0.00333. The number of amides is 5. The highest BCUT2D eigenvalue weighted by atomic mass is 32.2. The first-order valence-electron chi connectivity index (χ1n) is 13.8. The van der Waals surface area contributed by atoms with E-state index >= 15 is 0 Å². The summed E-state index contributed by atoms with van der Waals surface area (Å²) in [5.41, 5.74) is -0.482. The zero-order valence-corrected chi connectivity index (χ0v) is 24.4. The minimum Gasteiger partial charge on any atom is -0.493 e. The van der Waals surface area contributed by atoms with Gasteiger partial charge in [0, 0.05) is 30.3 Å². The van der Waals surface area contributed by atoms with E-state index in [1.807, 2.05) is 11.8 Å². The van der Waals surface area contributed by atoms with Gasteiger partial charge in [-0.3, -0.25) is 29.3 Å². The molecular formula is C26H33N5O11S. The smallest absolute Gasteiger partial charge is 0.493 e. The van der Waals surface area contributed by atoms with E-state index in [9.17, 15) is 34.1 Å². The van der Waals surface area contributed by atoms with Crippen molar-refractivity contribution in [1.82, 2.24) is 21.0 Å². The largest absolute Gasteiger partial charge is 0.534 e. The summed E-state index contributed by atoms with van der Waals surface area (Å²) in [5.74, 6) is -0.513. The zero-order chi connectivity index (χ0) is 31.1. The molecule has 3 saturated heterocycles. The number of rotatable bonds is 14. The van der Waals surface area contributed by atoms with Crippen molar-refractivity contribution < 1.29 is 47.9 Å². The van der Waals surface area contributed by atoms with Crippen LogP contribution in [0.3, 0.4) is 0 Å². The molecular weight excluding hydrogens is 590 g/mol. The number of methoxy groups -OCH3 is 1. The summed E-state index contributed by atoms with van der Waals surface area (Å²) in [6.07, 6.45) is -0.0172. The molecule has 3 aliphatic rings. The van der Waals surface area contributed by atoms with E-state index in [2.05, 4.69) is 20.8 Å². The van der Waals surface area contributed by atoms with Gasteiger partial charge in [-0.2, -0.15) is 11.8 Å². The second-order valence-corrected chi connectivity index (χ2v) is 11.3. The molecule has 1 aromatic rings. The fourth-order valence-corrected chi connectivity index (χ4v) is 6.54. The average Bonchev–Trinajstić information content (AvgIpc) is 3.62. The Balaban J connectivity index is 1.22. The lowest BCUT2D eigenvalue weighted by atomic mass is 10.0. The van der Waals surface area contributed by atoms with Crippen LogP contribution in [0.4, 0.5) is 15.3 Å². The number of benzene rings is 1. The number of hydrogen-bond donors (Lipinski definition) is 3. The Hall–Kier alpha value is -4.28. The van der Waals surface area contributed by atoms with Crippen LogP contribution in [0.25, 0.3) is 0 Å². The quantitative estimate of drug-likeness (QED) is 0.0681. The fourth-order valence-electron chi connectivity index (χ4n) is 5.00. The molecule has 1 aromatic carbocycles. The number of imide groups is 1. The molecule has 0 radical (unpaired) electrons. The predicted octanol–water partition coefficient (Wildman–Crippen LogP) is 2.10. The molecule has 0 spiro atoms. The first-order chi connectivity index (χ1) is 20.6. The van der Waals surface area contributed by atoms with Crippen molar-refractivity contribution in [3.05, 3.63) is 27.8 Å². The molecule has 5 amide bonds. The number of ether oxygens (including phenoxy) is 3. The van der Waals surface area contributed by atoms with Gasteiger partial charge in [-0.15, -0.1) is 0 Å². The number of nitro groups is 1. The van der Waals surface area contributed by atoms with Crippen molar-refractivity contribution in [3.8, 4) is 11.5 Å². The molecule has 4 atom stereocenters. The second-order valence-electron chi connectivity index (χ2n) is 10.1. The Morgan fingerprint density at radius 3 is 2.60 bits per heavy atom. The van der Waals surface area contributed by atoms with Crippen LogP contribution in [0.1, 0.15) is 57.1 Å². The molecule has 43 heavy (non-hydrogen) atoms. The molecule has 16 nitrogen and oxygen atoms in total. The normalized spacial score (nSPS) is 21.5. The monoisotopic (exact) mass is 623 g/mol. The van der Waals surface area contributed by atoms with Crippen molar-refractivity contribution in [3.63, 3.8) is 0 Å². The van der Waals surface area contributed by atoms with Gasteiger partial charge in [0.05, 0.1) is 42.3 Å². The SMILES string of the molecule is COc1cc(C(C)OC(=O)ON2C(=O)CCC2=O)c([N+](=O)[O-])cc1OCCNC(=O)CCCCC1SCC2NC(=O)NC21. The van der Waals surface area contributed by atoms with Gasteiger partial charge in [0.1, 0.15) is 12.7 Å². The number of nitro benzene ring substituents is 1. The van der Waals surface area contributed by atoms with Gasteiger partial charge < -0.3 is 30.2 Å². The maximum Gasteiger partial charge on any atom is 0.534 e. The van der Waals surface area contributed by atoms with E-state index in [1.165, 1.54) is 20.1 Å².